The van der Waals surface area contributed by atoms with Crippen molar-refractivity contribution in [2.24, 2.45) is 0 Å². The molecule has 0 fully saturated rings. The van der Waals surface area contributed by atoms with Crippen molar-refractivity contribution >= 4 is 38.9 Å². The van der Waals surface area contributed by atoms with Gasteiger partial charge in [0.1, 0.15) is 0 Å². The second-order valence-electron chi connectivity index (χ2n) is 6.13. The lowest BCUT2D eigenvalue weighted by atomic mass is 10.1. The molecule has 5 rings (SSSR count). The van der Waals surface area contributed by atoms with Gasteiger partial charge in [-0.1, -0.05) is 42.5 Å². The molecular weight excluding hydrogens is 282 g/mol. The summed E-state index contributed by atoms with van der Waals surface area (Å²) < 4.78 is 0. The summed E-state index contributed by atoms with van der Waals surface area (Å²) in [4.78, 5) is 8.28. The number of hydrogen-bond donors (Lipinski definition) is 1. The first kappa shape index (κ1) is 12.6. The number of H-pyrrole nitrogens is 1. The summed E-state index contributed by atoms with van der Waals surface area (Å²) in [5.74, 6) is 0. The van der Waals surface area contributed by atoms with Gasteiger partial charge < -0.3 is 14.8 Å². The molecule has 1 aliphatic rings. The summed E-state index contributed by atoms with van der Waals surface area (Å²) in [6.07, 6.45) is 0. The Hall–Kier alpha value is -2.94. The number of fused-ring (bicyclic) bond motifs is 4. The van der Waals surface area contributed by atoms with Gasteiger partial charge in [0.25, 0.3) is 0 Å². The van der Waals surface area contributed by atoms with Crippen LogP contribution in [0.25, 0.3) is 21.8 Å². The first-order chi connectivity index (χ1) is 11.3. The fourth-order valence-electron chi connectivity index (χ4n) is 3.67. The molecule has 112 valence electrons. The van der Waals surface area contributed by atoms with Gasteiger partial charge in [0.15, 0.2) is 0 Å². The van der Waals surface area contributed by atoms with Gasteiger partial charge in [-0.3, -0.25) is 0 Å². The van der Waals surface area contributed by atoms with Crippen LogP contribution in [0.5, 0.6) is 0 Å². The molecule has 4 aromatic rings. The summed E-state index contributed by atoms with van der Waals surface area (Å²) >= 11 is 0. The standard InChI is InChI=1S/C20H17N3/c1-22-13-23(18-11-5-4-10-17(18)22)19-12-6-8-15-14-7-2-3-9-16(14)21-20(15)19/h2-12,21H,13H2,1H3. The number of nitrogens with zero attached hydrogens (tertiary/aromatic N) is 2. The Morgan fingerprint density at radius 2 is 1.43 bits per heavy atom. The van der Waals surface area contributed by atoms with Gasteiger partial charge in [0, 0.05) is 23.3 Å². The predicted octanol–water partition coefficient (Wildman–Crippen LogP) is 4.87. The van der Waals surface area contributed by atoms with Crippen LogP contribution < -0.4 is 9.80 Å². The van der Waals surface area contributed by atoms with Crippen molar-refractivity contribution in [3.05, 3.63) is 66.7 Å². The summed E-state index contributed by atoms with van der Waals surface area (Å²) in [6, 6.07) is 23.6. The Bertz CT molecular complexity index is 1030. The number of nitrogens with one attached hydrogen (secondary N) is 1. The summed E-state index contributed by atoms with van der Waals surface area (Å²) in [5, 5.41) is 2.57. The average Bonchev–Trinajstić information content (AvgIpc) is 3.13. The van der Waals surface area contributed by atoms with Crippen LogP contribution in [0.1, 0.15) is 0 Å². The number of aromatic amines is 1. The van der Waals surface area contributed by atoms with Crippen molar-refractivity contribution in [1.82, 2.24) is 4.98 Å². The lowest BCUT2D eigenvalue weighted by Gasteiger charge is -2.20. The Kier molecular flexibility index (Phi) is 2.48. The van der Waals surface area contributed by atoms with E-state index in [0.29, 0.717) is 0 Å². The van der Waals surface area contributed by atoms with Crippen molar-refractivity contribution in [3.8, 4) is 0 Å². The monoisotopic (exact) mass is 299 g/mol. The van der Waals surface area contributed by atoms with E-state index in [4.69, 9.17) is 0 Å². The summed E-state index contributed by atoms with van der Waals surface area (Å²) in [5.41, 5.74) is 6.17. The molecule has 0 saturated heterocycles. The molecule has 3 aromatic carbocycles. The molecule has 1 aliphatic heterocycles. The number of anilines is 3. The number of benzene rings is 3. The van der Waals surface area contributed by atoms with Crippen LogP contribution in [-0.4, -0.2) is 18.7 Å². The fraction of sp³-hybridized carbons (Fsp3) is 0.100. The zero-order valence-electron chi connectivity index (χ0n) is 13.0. The molecule has 0 atom stereocenters. The van der Waals surface area contributed by atoms with Crippen LogP contribution in [0, 0.1) is 0 Å². The van der Waals surface area contributed by atoms with E-state index >= 15 is 0 Å². The molecule has 1 aromatic heterocycles. The van der Waals surface area contributed by atoms with Gasteiger partial charge in [-0.25, -0.2) is 0 Å². The van der Waals surface area contributed by atoms with Crippen LogP contribution in [0.3, 0.4) is 0 Å². The highest BCUT2D eigenvalue weighted by Crippen LogP contribution is 2.42. The van der Waals surface area contributed by atoms with E-state index in [1.165, 1.54) is 38.9 Å². The molecule has 23 heavy (non-hydrogen) atoms. The van der Waals surface area contributed by atoms with Gasteiger partial charge in [-0.15, -0.1) is 0 Å². The molecule has 2 heterocycles. The lowest BCUT2D eigenvalue weighted by molar-refractivity contribution is 0.952. The Balaban J connectivity index is 1.79. The number of para-hydroxylation sites is 4. The minimum Gasteiger partial charge on any atom is -0.355 e. The van der Waals surface area contributed by atoms with Gasteiger partial charge in [0.05, 0.1) is 29.2 Å². The summed E-state index contributed by atoms with van der Waals surface area (Å²) in [6.45, 7) is 0.869. The van der Waals surface area contributed by atoms with E-state index in [1.54, 1.807) is 0 Å². The minimum atomic E-state index is 0.869. The second kappa shape index (κ2) is 4.53. The number of aromatic nitrogens is 1. The smallest absolute Gasteiger partial charge is 0.0950 e. The maximum absolute atomic E-state index is 3.61. The van der Waals surface area contributed by atoms with Gasteiger partial charge in [-0.05, 0) is 24.3 Å². The molecule has 0 amide bonds. The quantitative estimate of drug-likeness (QED) is 0.542. The molecular formula is C20H17N3. The molecule has 0 spiro atoms. The molecule has 3 heteroatoms. The van der Waals surface area contributed by atoms with Crippen LogP contribution in [0.4, 0.5) is 17.1 Å². The Morgan fingerprint density at radius 3 is 2.35 bits per heavy atom. The molecule has 0 saturated carbocycles. The van der Waals surface area contributed by atoms with E-state index in [9.17, 15) is 0 Å². The van der Waals surface area contributed by atoms with Crippen molar-refractivity contribution in [1.29, 1.82) is 0 Å². The van der Waals surface area contributed by atoms with Crippen LogP contribution in [0.15, 0.2) is 66.7 Å². The van der Waals surface area contributed by atoms with E-state index in [2.05, 4.69) is 88.6 Å². The Morgan fingerprint density at radius 1 is 0.739 bits per heavy atom. The second-order valence-corrected chi connectivity index (χ2v) is 6.13. The highest BCUT2D eigenvalue weighted by atomic mass is 15.4. The third kappa shape index (κ3) is 1.70. The van der Waals surface area contributed by atoms with E-state index < -0.39 is 0 Å². The number of hydrogen-bond acceptors (Lipinski definition) is 2. The van der Waals surface area contributed by atoms with Crippen LogP contribution >= 0.6 is 0 Å². The first-order valence-corrected chi connectivity index (χ1v) is 7.90. The Labute approximate surface area is 134 Å². The van der Waals surface area contributed by atoms with Crippen LogP contribution in [-0.2, 0) is 0 Å². The topological polar surface area (TPSA) is 22.3 Å². The fourth-order valence-corrected chi connectivity index (χ4v) is 3.67. The zero-order chi connectivity index (χ0) is 15.4. The normalized spacial score (nSPS) is 14.0. The SMILES string of the molecule is CN1CN(c2cccc3c2[nH]c2ccccc23)c2ccccc21. The van der Waals surface area contributed by atoms with E-state index in [-0.39, 0.29) is 0 Å². The molecule has 3 nitrogen and oxygen atoms in total. The number of rotatable bonds is 1. The minimum absolute atomic E-state index is 0.869. The van der Waals surface area contributed by atoms with Gasteiger partial charge in [-0.2, -0.15) is 0 Å². The van der Waals surface area contributed by atoms with Crippen LogP contribution in [0.2, 0.25) is 0 Å². The zero-order valence-corrected chi connectivity index (χ0v) is 13.0. The van der Waals surface area contributed by atoms with Crippen molar-refractivity contribution in [2.45, 2.75) is 0 Å². The van der Waals surface area contributed by atoms with Crippen molar-refractivity contribution < 1.29 is 0 Å². The molecule has 0 bridgehead atoms. The lowest BCUT2D eigenvalue weighted by Crippen LogP contribution is -2.24. The van der Waals surface area contributed by atoms with E-state index in [1.807, 2.05) is 0 Å². The van der Waals surface area contributed by atoms with Crippen molar-refractivity contribution in [2.75, 3.05) is 23.5 Å². The highest BCUT2D eigenvalue weighted by molar-refractivity contribution is 6.12. The molecule has 0 aliphatic carbocycles. The van der Waals surface area contributed by atoms with Gasteiger partial charge in [0.2, 0.25) is 0 Å². The maximum atomic E-state index is 3.61. The van der Waals surface area contributed by atoms with Crippen molar-refractivity contribution in [3.63, 3.8) is 0 Å². The predicted molar refractivity (Wildman–Crippen MR) is 97.7 cm³/mol. The van der Waals surface area contributed by atoms with Gasteiger partial charge >= 0.3 is 0 Å². The first-order valence-electron chi connectivity index (χ1n) is 7.90. The maximum Gasteiger partial charge on any atom is 0.0950 e. The third-order valence-corrected chi connectivity index (χ3v) is 4.75. The molecule has 0 unspecified atom stereocenters. The average molecular weight is 299 g/mol. The third-order valence-electron chi connectivity index (χ3n) is 4.75. The highest BCUT2D eigenvalue weighted by Gasteiger charge is 2.25. The molecule has 0 radical (unpaired) electrons. The molecule has 1 N–H and O–H groups in total. The summed E-state index contributed by atoms with van der Waals surface area (Å²) in [7, 11) is 2.14. The van der Waals surface area contributed by atoms with E-state index in [0.717, 1.165) is 6.67 Å². The largest absolute Gasteiger partial charge is 0.355 e.